The van der Waals surface area contributed by atoms with Crippen LogP contribution in [0.4, 0.5) is 11.5 Å². The molecule has 0 spiro atoms. The Bertz CT molecular complexity index is 893. The predicted octanol–water partition coefficient (Wildman–Crippen LogP) is 1.51. The van der Waals surface area contributed by atoms with E-state index in [1.165, 1.54) is 0 Å². The molecule has 1 amide bonds. The van der Waals surface area contributed by atoms with Crippen molar-refractivity contribution in [3.05, 3.63) is 48.3 Å². The number of carbonyl (C=O) groups excluding carboxylic acids is 1. The van der Waals surface area contributed by atoms with Gasteiger partial charge in [0.2, 0.25) is 0 Å². The van der Waals surface area contributed by atoms with Gasteiger partial charge in [0, 0.05) is 37.4 Å². The lowest BCUT2D eigenvalue weighted by Gasteiger charge is -2.35. The number of amides is 1. The molecule has 2 N–H and O–H groups in total. The molecular weight excluding hydrogens is 377 g/mol. The zero-order valence-corrected chi connectivity index (χ0v) is 15.5. The summed E-state index contributed by atoms with van der Waals surface area (Å²) in [5.41, 5.74) is 7.71. The molecule has 0 radical (unpaired) electrons. The minimum absolute atomic E-state index is 0. The van der Waals surface area contributed by atoms with Gasteiger partial charge in [-0.1, -0.05) is 6.07 Å². The highest BCUT2D eigenvalue weighted by molar-refractivity contribution is 5.95. The molecule has 138 valence electrons. The van der Waals surface area contributed by atoms with Crippen molar-refractivity contribution in [1.29, 1.82) is 0 Å². The summed E-state index contributed by atoms with van der Waals surface area (Å²) in [5.74, 6) is 0.877. The number of hydrogen-bond donors (Lipinski definition) is 1. The third kappa shape index (κ3) is 3.81. The van der Waals surface area contributed by atoms with Gasteiger partial charge < -0.3 is 15.5 Å². The van der Waals surface area contributed by atoms with Crippen molar-refractivity contribution in [2.45, 2.75) is 0 Å². The second-order valence-electron chi connectivity index (χ2n) is 5.73. The van der Waals surface area contributed by atoms with Crippen molar-refractivity contribution < 1.29 is 4.79 Å². The van der Waals surface area contributed by atoms with E-state index in [0.29, 0.717) is 30.0 Å². The molecule has 4 rings (SSSR count). The van der Waals surface area contributed by atoms with E-state index in [-0.39, 0.29) is 30.7 Å². The number of nitrogen functional groups attached to an aromatic ring is 1. The smallest absolute Gasteiger partial charge is 0.254 e. The van der Waals surface area contributed by atoms with E-state index >= 15 is 0 Å². The third-order valence-corrected chi connectivity index (χ3v) is 4.17. The maximum atomic E-state index is 12.6. The van der Waals surface area contributed by atoms with Crippen LogP contribution in [0, 0.1) is 0 Å². The van der Waals surface area contributed by atoms with Crippen molar-refractivity contribution in [1.82, 2.24) is 24.7 Å². The second kappa shape index (κ2) is 8.20. The van der Waals surface area contributed by atoms with Crippen LogP contribution in [-0.4, -0.2) is 56.8 Å². The minimum Gasteiger partial charge on any atom is -0.399 e. The number of carbonyl (C=O) groups is 1. The Morgan fingerprint density at radius 2 is 1.81 bits per heavy atom. The number of piperazine rings is 1. The van der Waals surface area contributed by atoms with Crippen LogP contribution in [0.25, 0.3) is 5.65 Å². The van der Waals surface area contributed by atoms with Gasteiger partial charge in [0.05, 0.1) is 0 Å². The minimum atomic E-state index is 0. The summed E-state index contributed by atoms with van der Waals surface area (Å²) in [6.07, 6.45) is 1.58. The lowest BCUT2D eigenvalue weighted by Crippen LogP contribution is -2.49. The van der Waals surface area contributed by atoms with Gasteiger partial charge in [-0.25, -0.2) is 0 Å². The molecule has 3 heterocycles. The summed E-state index contributed by atoms with van der Waals surface area (Å²) in [6, 6.07) is 10.9. The zero-order chi connectivity index (χ0) is 16.5. The number of rotatable bonds is 2. The van der Waals surface area contributed by atoms with Gasteiger partial charge in [-0.2, -0.15) is 4.52 Å². The normalized spacial score (nSPS) is 13.8. The number of benzene rings is 1. The summed E-state index contributed by atoms with van der Waals surface area (Å²) in [5, 5.41) is 12.3. The molecule has 1 aliphatic heterocycles. The lowest BCUT2D eigenvalue weighted by atomic mass is 10.1. The molecular formula is C16H19Cl2N7O. The van der Waals surface area contributed by atoms with E-state index in [9.17, 15) is 4.79 Å². The number of nitrogens with two attached hydrogens (primary N) is 1. The van der Waals surface area contributed by atoms with Crippen molar-refractivity contribution in [2.24, 2.45) is 0 Å². The van der Waals surface area contributed by atoms with E-state index in [4.69, 9.17) is 5.73 Å². The van der Waals surface area contributed by atoms with Crippen molar-refractivity contribution in [2.75, 3.05) is 36.8 Å². The summed E-state index contributed by atoms with van der Waals surface area (Å²) < 4.78 is 1.65. The van der Waals surface area contributed by atoms with Crippen LogP contribution in [-0.2, 0) is 0 Å². The molecule has 1 aliphatic rings. The van der Waals surface area contributed by atoms with E-state index in [0.717, 1.165) is 18.9 Å². The monoisotopic (exact) mass is 395 g/mol. The zero-order valence-electron chi connectivity index (χ0n) is 13.9. The van der Waals surface area contributed by atoms with Gasteiger partial charge in [0.15, 0.2) is 5.65 Å². The van der Waals surface area contributed by atoms with E-state index in [1.807, 2.05) is 17.0 Å². The summed E-state index contributed by atoms with van der Waals surface area (Å²) in [6.45, 7) is 2.76. The Morgan fingerprint density at radius 1 is 1.04 bits per heavy atom. The van der Waals surface area contributed by atoms with Crippen LogP contribution in [0.5, 0.6) is 0 Å². The van der Waals surface area contributed by atoms with E-state index in [2.05, 4.69) is 20.2 Å². The number of anilines is 2. The largest absolute Gasteiger partial charge is 0.399 e. The average Bonchev–Trinajstić information content (AvgIpc) is 3.09. The first kappa shape index (κ1) is 19.7. The molecule has 1 aromatic carbocycles. The molecule has 0 atom stereocenters. The van der Waals surface area contributed by atoms with Crippen LogP contribution in [0.2, 0.25) is 0 Å². The van der Waals surface area contributed by atoms with E-state index < -0.39 is 0 Å². The first-order valence-electron chi connectivity index (χ1n) is 7.77. The molecule has 2 aromatic heterocycles. The molecule has 0 unspecified atom stereocenters. The highest BCUT2D eigenvalue weighted by Crippen LogP contribution is 2.16. The standard InChI is InChI=1S/C16H17N7O.2ClH/c17-13-3-1-2-12(10-13)16(24)22-8-6-21(7-9-22)15-5-4-14-19-18-11-23(14)20-15;;/h1-5,10-11H,6-9,17H2;2*1H. The van der Waals surface area contributed by atoms with Crippen molar-refractivity contribution in [3.63, 3.8) is 0 Å². The maximum Gasteiger partial charge on any atom is 0.254 e. The Kier molecular flexibility index (Phi) is 6.23. The highest BCUT2D eigenvalue weighted by atomic mass is 35.5. The molecule has 26 heavy (non-hydrogen) atoms. The number of fused-ring (bicyclic) bond motifs is 1. The van der Waals surface area contributed by atoms with Crippen LogP contribution in [0.1, 0.15) is 10.4 Å². The van der Waals surface area contributed by atoms with Gasteiger partial charge in [-0.15, -0.1) is 40.1 Å². The second-order valence-corrected chi connectivity index (χ2v) is 5.73. The molecule has 10 heteroatoms. The molecule has 1 fully saturated rings. The summed E-state index contributed by atoms with van der Waals surface area (Å²) in [7, 11) is 0. The molecule has 8 nitrogen and oxygen atoms in total. The summed E-state index contributed by atoms with van der Waals surface area (Å²) >= 11 is 0. The number of halogens is 2. The fraction of sp³-hybridized carbons (Fsp3) is 0.250. The Morgan fingerprint density at radius 3 is 2.54 bits per heavy atom. The van der Waals surface area contributed by atoms with Gasteiger partial charge in [0.1, 0.15) is 12.1 Å². The van der Waals surface area contributed by atoms with Crippen LogP contribution in [0.15, 0.2) is 42.7 Å². The Labute approximate surface area is 162 Å². The first-order valence-corrected chi connectivity index (χ1v) is 7.77. The number of aromatic nitrogens is 4. The molecule has 0 aliphatic carbocycles. The third-order valence-electron chi connectivity index (χ3n) is 4.17. The lowest BCUT2D eigenvalue weighted by molar-refractivity contribution is 0.0746. The van der Waals surface area contributed by atoms with Gasteiger partial charge in [0.25, 0.3) is 5.91 Å². The quantitative estimate of drug-likeness (QED) is 0.661. The topological polar surface area (TPSA) is 92.7 Å². The van der Waals surface area contributed by atoms with Gasteiger partial charge >= 0.3 is 0 Å². The molecule has 1 saturated heterocycles. The number of nitrogens with zero attached hydrogens (tertiary/aromatic N) is 6. The SMILES string of the molecule is Cl.Cl.Nc1cccc(C(=O)N2CCN(c3ccc4nncn4n3)CC2)c1. The maximum absolute atomic E-state index is 12.6. The Hall–Kier alpha value is -2.58. The fourth-order valence-corrected chi connectivity index (χ4v) is 2.88. The summed E-state index contributed by atoms with van der Waals surface area (Å²) in [4.78, 5) is 16.6. The van der Waals surface area contributed by atoms with E-state index in [1.54, 1.807) is 35.1 Å². The molecule has 3 aromatic rings. The van der Waals surface area contributed by atoms with Crippen molar-refractivity contribution >= 4 is 47.9 Å². The predicted molar refractivity (Wildman–Crippen MR) is 104 cm³/mol. The molecule has 0 bridgehead atoms. The number of hydrogen-bond acceptors (Lipinski definition) is 6. The van der Waals surface area contributed by atoms with Crippen LogP contribution >= 0.6 is 24.8 Å². The highest BCUT2D eigenvalue weighted by Gasteiger charge is 2.23. The Balaban J connectivity index is 0.00000121. The fourth-order valence-electron chi connectivity index (χ4n) is 2.88. The molecule has 0 saturated carbocycles. The first-order chi connectivity index (χ1) is 11.7. The van der Waals surface area contributed by atoms with Gasteiger partial charge in [-0.05, 0) is 30.3 Å². The van der Waals surface area contributed by atoms with Gasteiger partial charge in [-0.3, -0.25) is 4.79 Å². The van der Waals surface area contributed by atoms with Crippen LogP contribution < -0.4 is 10.6 Å². The average molecular weight is 396 g/mol. The van der Waals surface area contributed by atoms with Crippen LogP contribution in [0.3, 0.4) is 0 Å². The van der Waals surface area contributed by atoms with Crippen molar-refractivity contribution in [3.8, 4) is 0 Å².